The average molecular weight is 179 g/mol. The van der Waals surface area contributed by atoms with Crippen LogP contribution in [0.15, 0.2) is 12.1 Å². The maximum Gasteiger partial charge on any atom is 0.308 e. The van der Waals surface area contributed by atoms with E-state index in [0.29, 0.717) is 17.2 Å². The van der Waals surface area contributed by atoms with Gasteiger partial charge in [0.2, 0.25) is 12.5 Å². The Morgan fingerprint density at radius 3 is 3.23 bits per heavy atom. The van der Waals surface area contributed by atoms with E-state index >= 15 is 0 Å². The van der Waals surface area contributed by atoms with Gasteiger partial charge in [0.1, 0.15) is 0 Å². The van der Waals surface area contributed by atoms with Crippen molar-refractivity contribution in [1.29, 1.82) is 0 Å². The summed E-state index contributed by atoms with van der Waals surface area (Å²) in [6, 6.07) is 6.05. The zero-order chi connectivity index (χ0) is 9.26. The molecule has 0 bridgehead atoms. The van der Waals surface area contributed by atoms with E-state index < -0.39 is 0 Å². The predicted molar refractivity (Wildman–Crippen MR) is 42.7 cm³/mol. The van der Waals surface area contributed by atoms with Crippen LogP contribution in [-0.2, 0) is 4.79 Å². The summed E-state index contributed by atoms with van der Waals surface area (Å²) in [7, 11) is 0. The van der Waals surface area contributed by atoms with E-state index in [1.165, 1.54) is 6.92 Å². The quantitative estimate of drug-likeness (QED) is 0.479. The first-order valence-electron chi connectivity index (χ1n) is 3.76. The highest BCUT2D eigenvalue weighted by Crippen LogP contribution is 2.39. The largest absolute Gasteiger partial charge is 0.453 e. The van der Waals surface area contributed by atoms with Gasteiger partial charge in [-0.15, -0.1) is 0 Å². The van der Waals surface area contributed by atoms with Gasteiger partial charge in [0.15, 0.2) is 11.5 Å². The number of esters is 1. The van der Waals surface area contributed by atoms with Crippen molar-refractivity contribution in [1.82, 2.24) is 0 Å². The van der Waals surface area contributed by atoms with Crippen LogP contribution in [0.1, 0.15) is 6.92 Å². The molecule has 0 aliphatic carbocycles. The van der Waals surface area contributed by atoms with E-state index in [0.717, 1.165) is 0 Å². The van der Waals surface area contributed by atoms with Crippen molar-refractivity contribution in [2.75, 3.05) is 6.79 Å². The van der Waals surface area contributed by atoms with E-state index in [4.69, 9.17) is 14.2 Å². The summed E-state index contributed by atoms with van der Waals surface area (Å²) >= 11 is 0. The molecule has 1 aliphatic heterocycles. The molecule has 1 aromatic rings. The molecule has 0 unspecified atom stereocenters. The number of hydrogen-bond acceptors (Lipinski definition) is 4. The molecular formula is C9H7O4. The fraction of sp³-hybridized carbons (Fsp3) is 0.222. The van der Waals surface area contributed by atoms with Gasteiger partial charge in [-0.25, -0.2) is 0 Å². The first-order valence-corrected chi connectivity index (χ1v) is 3.76. The molecule has 0 aromatic heterocycles. The molecule has 0 N–H and O–H groups in total. The number of hydrogen-bond donors (Lipinski definition) is 0. The first-order chi connectivity index (χ1) is 6.27. The van der Waals surface area contributed by atoms with Crippen LogP contribution in [0.25, 0.3) is 0 Å². The SMILES string of the molecule is CC(=O)Oc1cc[c]c2c1OCO2. The molecule has 1 aliphatic rings. The normalized spacial score (nSPS) is 12.7. The van der Waals surface area contributed by atoms with E-state index in [-0.39, 0.29) is 12.8 Å². The summed E-state index contributed by atoms with van der Waals surface area (Å²) in [5.41, 5.74) is 0. The molecule has 67 valence electrons. The Bertz CT molecular complexity index is 345. The molecule has 0 saturated heterocycles. The minimum Gasteiger partial charge on any atom is -0.453 e. The van der Waals surface area contributed by atoms with E-state index in [1.54, 1.807) is 12.1 Å². The Morgan fingerprint density at radius 1 is 1.62 bits per heavy atom. The molecule has 4 nitrogen and oxygen atoms in total. The minimum absolute atomic E-state index is 0.143. The Labute approximate surface area is 75.0 Å². The first kappa shape index (κ1) is 7.91. The second kappa shape index (κ2) is 2.97. The van der Waals surface area contributed by atoms with Crippen LogP contribution in [-0.4, -0.2) is 12.8 Å². The van der Waals surface area contributed by atoms with E-state index in [9.17, 15) is 4.79 Å². The van der Waals surface area contributed by atoms with Gasteiger partial charge in [0.05, 0.1) is 0 Å². The van der Waals surface area contributed by atoms with Crippen LogP contribution < -0.4 is 14.2 Å². The summed E-state index contributed by atoms with van der Waals surface area (Å²) in [6.07, 6.45) is 0. The molecule has 0 fully saturated rings. The van der Waals surface area contributed by atoms with Gasteiger partial charge in [0, 0.05) is 13.0 Å². The van der Waals surface area contributed by atoms with Gasteiger partial charge >= 0.3 is 5.97 Å². The zero-order valence-corrected chi connectivity index (χ0v) is 6.99. The molecule has 13 heavy (non-hydrogen) atoms. The molecule has 0 amide bonds. The number of ether oxygens (including phenoxy) is 3. The fourth-order valence-electron chi connectivity index (χ4n) is 1.07. The molecule has 4 heteroatoms. The molecule has 1 aromatic carbocycles. The highest BCUT2D eigenvalue weighted by atomic mass is 16.7. The zero-order valence-electron chi connectivity index (χ0n) is 6.99. The Balaban J connectivity index is 2.36. The van der Waals surface area contributed by atoms with E-state index in [1.807, 2.05) is 0 Å². The number of fused-ring (bicyclic) bond motifs is 1. The topological polar surface area (TPSA) is 44.8 Å². The number of carbonyl (C=O) groups excluding carboxylic acids is 1. The second-order valence-corrected chi connectivity index (χ2v) is 2.50. The molecule has 1 radical (unpaired) electrons. The lowest BCUT2D eigenvalue weighted by Gasteiger charge is -2.03. The number of benzene rings is 1. The molecule has 0 saturated carbocycles. The van der Waals surface area contributed by atoms with Crippen molar-refractivity contribution in [2.45, 2.75) is 6.92 Å². The maximum absolute atomic E-state index is 10.7. The number of rotatable bonds is 1. The van der Waals surface area contributed by atoms with Gasteiger partial charge in [0.25, 0.3) is 0 Å². The highest BCUT2D eigenvalue weighted by Gasteiger charge is 2.19. The second-order valence-electron chi connectivity index (χ2n) is 2.50. The van der Waals surface area contributed by atoms with Gasteiger partial charge < -0.3 is 14.2 Å². The van der Waals surface area contributed by atoms with Crippen LogP contribution in [0, 0.1) is 6.07 Å². The van der Waals surface area contributed by atoms with Gasteiger partial charge in [-0.05, 0) is 12.1 Å². The summed E-state index contributed by atoms with van der Waals surface area (Å²) in [5, 5.41) is 0. The van der Waals surface area contributed by atoms with Crippen LogP contribution in [0.3, 0.4) is 0 Å². The monoisotopic (exact) mass is 179 g/mol. The third kappa shape index (κ3) is 1.42. The van der Waals surface area contributed by atoms with Gasteiger partial charge in [-0.3, -0.25) is 4.79 Å². The Morgan fingerprint density at radius 2 is 2.46 bits per heavy atom. The Hall–Kier alpha value is -1.71. The standard InChI is InChI=1S/C9H7O4/c1-6(10)13-8-4-2-3-7-9(8)12-5-11-7/h2,4H,5H2,1H3. The van der Waals surface area contributed by atoms with Crippen LogP contribution in [0.5, 0.6) is 17.2 Å². The van der Waals surface area contributed by atoms with Crippen LogP contribution >= 0.6 is 0 Å². The lowest BCUT2D eigenvalue weighted by molar-refractivity contribution is -0.132. The van der Waals surface area contributed by atoms with E-state index in [2.05, 4.69) is 6.07 Å². The molecule has 2 rings (SSSR count). The molecule has 1 heterocycles. The highest BCUT2D eigenvalue weighted by molar-refractivity contribution is 5.71. The van der Waals surface area contributed by atoms with Crippen LogP contribution in [0.2, 0.25) is 0 Å². The molecule has 0 atom stereocenters. The summed E-state index contributed by atoms with van der Waals surface area (Å²) < 4.78 is 15.0. The lowest BCUT2D eigenvalue weighted by Crippen LogP contribution is -2.02. The fourth-order valence-corrected chi connectivity index (χ4v) is 1.07. The third-order valence-electron chi connectivity index (χ3n) is 1.54. The van der Waals surface area contributed by atoms with Crippen LogP contribution in [0.4, 0.5) is 0 Å². The van der Waals surface area contributed by atoms with Crippen molar-refractivity contribution in [3.8, 4) is 17.2 Å². The van der Waals surface area contributed by atoms with Crippen molar-refractivity contribution in [3.63, 3.8) is 0 Å². The molecular weight excluding hydrogens is 172 g/mol. The van der Waals surface area contributed by atoms with Crippen molar-refractivity contribution in [2.24, 2.45) is 0 Å². The van der Waals surface area contributed by atoms with Gasteiger partial charge in [-0.1, -0.05) is 0 Å². The summed E-state index contributed by atoms with van der Waals surface area (Å²) in [6.45, 7) is 1.48. The summed E-state index contributed by atoms with van der Waals surface area (Å²) in [5.74, 6) is 0.916. The van der Waals surface area contributed by atoms with Gasteiger partial charge in [-0.2, -0.15) is 0 Å². The lowest BCUT2D eigenvalue weighted by atomic mass is 10.3. The van der Waals surface area contributed by atoms with Crippen molar-refractivity contribution in [3.05, 3.63) is 18.2 Å². The Kier molecular flexibility index (Phi) is 1.81. The summed E-state index contributed by atoms with van der Waals surface area (Å²) in [4.78, 5) is 10.7. The third-order valence-corrected chi connectivity index (χ3v) is 1.54. The smallest absolute Gasteiger partial charge is 0.308 e. The van der Waals surface area contributed by atoms with Crippen molar-refractivity contribution < 1.29 is 19.0 Å². The minimum atomic E-state index is -0.385. The number of carbonyl (C=O) groups is 1. The maximum atomic E-state index is 10.7. The predicted octanol–water partition coefficient (Wildman–Crippen LogP) is 1.14. The molecule has 0 spiro atoms. The van der Waals surface area contributed by atoms with Crippen molar-refractivity contribution >= 4 is 5.97 Å². The average Bonchev–Trinajstić information content (AvgIpc) is 2.51.